The Morgan fingerprint density at radius 2 is 1.75 bits per heavy atom. The molecule has 0 aliphatic heterocycles. The van der Waals surface area contributed by atoms with Gasteiger partial charge >= 0.3 is 70.7 Å². The molecule has 0 aromatic carbocycles. The van der Waals surface area contributed by atoms with Crippen LogP contribution in [-0.2, 0) is 4.43 Å². The second-order valence-electron chi connectivity index (χ2n) is 0.965. The summed E-state index contributed by atoms with van der Waals surface area (Å²) in [5.41, 5.74) is 0. The van der Waals surface area contributed by atoms with E-state index in [1.54, 1.807) is 0 Å². The third-order valence-corrected chi connectivity index (χ3v) is 2.62. The number of alkyl halides is 4. The van der Waals surface area contributed by atoms with Crippen LogP contribution in [0.3, 0.4) is 0 Å². The van der Waals surface area contributed by atoms with Gasteiger partial charge in [0.2, 0.25) is 0 Å². The summed E-state index contributed by atoms with van der Waals surface area (Å²) in [7, 11) is 2.58. The zero-order valence-corrected chi connectivity index (χ0v) is 7.52. The van der Waals surface area contributed by atoms with Gasteiger partial charge in [-0.25, -0.2) is 0 Å². The standard InChI is InChI=1S/C2HCl4OSi/c3-1(4)2(5,6)7-8/h1H/q+3. The summed E-state index contributed by atoms with van der Waals surface area (Å²) in [6, 6.07) is 0. The molecule has 0 aliphatic carbocycles. The number of halogens is 4. The summed E-state index contributed by atoms with van der Waals surface area (Å²) in [5, 5.41) is 0. The molecule has 0 radical (unpaired) electrons. The monoisotopic (exact) mass is 209 g/mol. The average Bonchev–Trinajstić information content (AvgIpc) is 1.67. The van der Waals surface area contributed by atoms with Crippen molar-refractivity contribution in [2.45, 2.75) is 9.36 Å². The van der Waals surface area contributed by atoms with E-state index >= 15 is 0 Å². The SMILES string of the molecule is [Si+3]OC(Cl)(Cl)C(Cl)Cl. The van der Waals surface area contributed by atoms with Gasteiger partial charge in [0.05, 0.1) is 0 Å². The first kappa shape index (κ1) is 9.34. The number of rotatable bonds is 2. The molecule has 0 amide bonds. The van der Waals surface area contributed by atoms with Gasteiger partial charge in [0.25, 0.3) is 0 Å². The van der Waals surface area contributed by atoms with Crippen LogP contribution in [-0.4, -0.2) is 19.8 Å². The zero-order valence-electron chi connectivity index (χ0n) is 3.50. The molecule has 1 nitrogen and oxygen atoms in total. The Balaban J connectivity index is 3.71. The molecule has 0 N–H and O–H groups in total. The summed E-state index contributed by atoms with van der Waals surface area (Å²) < 4.78 is 2.70. The molecule has 0 bridgehead atoms. The van der Waals surface area contributed by atoms with Crippen molar-refractivity contribution < 1.29 is 4.43 Å². The van der Waals surface area contributed by atoms with E-state index in [0.717, 1.165) is 0 Å². The maximum absolute atomic E-state index is 5.29. The van der Waals surface area contributed by atoms with Crippen LogP contribution < -0.4 is 0 Å². The van der Waals surface area contributed by atoms with Gasteiger partial charge in [-0.3, -0.25) is 0 Å². The van der Waals surface area contributed by atoms with Crippen LogP contribution in [0.4, 0.5) is 0 Å². The van der Waals surface area contributed by atoms with Crippen LogP contribution in [0, 0.1) is 0 Å². The van der Waals surface area contributed by atoms with Crippen molar-refractivity contribution in [3.63, 3.8) is 0 Å². The summed E-state index contributed by atoms with van der Waals surface area (Å²) in [4.78, 5) is -0.983. The van der Waals surface area contributed by atoms with E-state index < -0.39 is 9.36 Å². The predicted molar refractivity (Wildman–Crippen MR) is 36.8 cm³/mol. The predicted octanol–water partition coefficient (Wildman–Crippen LogP) is 2.02. The molecule has 6 heteroatoms. The van der Waals surface area contributed by atoms with Crippen LogP contribution in [0.5, 0.6) is 0 Å². The molecule has 0 unspecified atom stereocenters. The molecular formula is C2HCl4OSi+3. The van der Waals surface area contributed by atoms with Crippen molar-refractivity contribution in [3.05, 3.63) is 0 Å². The molecule has 0 rings (SSSR count). The maximum atomic E-state index is 5.29. The first-order valence-electron chi connectivity index (χ1n) is 1.51. The minimum absolute atomic E-state index is 0.983. The molecule has 0 heterocycles. The molecule has 0 fully saturated rings. The fraction of sp³-hybridized carbons (Fsp3) is 1.00. The first-order chi connectivity index (χ1) is 3.50. The molecule has 0 atom stereocenters. The van der Waals surface area contributed by atoms with Gasteiger partial charge in [-0.2, -0.15) is 0 Å². The Morgan fingerprint density at radius 3 is 1.75 bits per heavy atom. The summed E-state index contributed by atoms with van der Waals surface area (Å²) in [6.07, 6.45) is 0. The van der Waals surface area contributed by atoms with Crippen molar-refractivity contribution in [1.29, 1.82) is 0 Å². The molecule has 44 valence electrons. The fourth-order valence-corrected chi connectivity index (χ4v) is 0.401. The quantitative estimate of drug-likeness (QED) is 0.501. The van der Waals surface area contributed by atoms with E-state index in [2.05, 4.69) is 14.9 Å². The van der Waals surface area contributed by atoms with Gasteiger partial charge in [0, 0.05) is 0 Å². The zero-order chi connectivity index (χ0) is 6.78. The van der Waals surface area contributed by atoms with Gasteiger partial charge < -0.3 is 0 Å². The second kappa shape index (κ2) is 3.49. The van der Waals surface area contributed by atoms with Crippen LogP contribution in [0.1, 0.15) is 0 Å². The normalized spacial score (nSPS) is 12.9. The third kappa shape index (κ3) is 2.76. The molecule has 8 heavy (non-hydrogen) atoms. The van der Waals surface area contributed by atoms with E-state index in [0.29, 0.717) is 0 Å². The summed E-state index contributed by atoms with van der Waals surface area (Å²) in [6.45, 7) is 0. The fourth-order valence-electron chi connectivity index (χ4n) is 0.0445. The van der Waals surface area contributed by atoms with Crippen LogP contribution in [0.2, 0.25) is 0 Å². The van der Waals surface area contributed by atoms with Crippen molar-refractivity contribution in [2.75, 3.05) is 0 Å². The number of hydrogen-bond acceptors (Lipinski definition) is 1. The molecule has 0 spiro atoms. The Bertz CT molecular complexity index is 74.4. The average molecular weight is 211 g/mol. The van der Waals surface area contributed by atoms with Gasteiger partial charge in [-0.05, 0) is 0 Å². The molecule has 0 saturated heterocycles. The van der Waals surface area contributed by atoms with E-state index in [4.69, 9.17) is 46.4 Å². The molecule has 0 saturated carbocycles. The Kier molecular flexibility index (Phi) is 4.08. The Morgan fingerprint density at radius 1 is 1.38 bits per heavy atom. The molecular weight excluding hydrogens is 210 g/mol. The van der Waals surface area contributed by atoms with Crippen molar-refractivity contribution in [2.24, 2.45) is 0 Å². The third-order valence-electron chi connectivity index (χ3n) is 0.390. The van der Waals surface area contributed by atoms with Crippen molar-refractivity contribution >= 4 is 56.9 Å². The van der Waals surface area contributed by atoms with E-state index in [9.17, 15) is 0 Å². The van der Waals surface area contributed by atoms with E-state index in [1.165, 1.54) is 0 Å². The van der Waals surface area contributed by atoms with E-state index in [1.807, 2.05) is 0 Å². The minimum atomic E-state index is -1.57. The summed E-state index contributed by atoms with van der Waals surface area (Å²) in [5.74, 6) is 0. The number of hydrogen-bond donors (Lipinski definition) is 0. The Hall–Kier alpha value is 1.34. The van der Waals surface area contributed by atoms with E-state index in [-0.39, 0.29) is 0 Å². The van der Waals surface area contributed by atoms with Crippen molar-refractivity contribution in [1.82, 2.24) is 0 Å². The molecule has 0 aliphatic rings. The second-order valence-corrected chi connectivity index (χ2v) is 3.58. The first-order valence-corrected chi connectivity index (χ1v) is 3.55. The molecule has 0 aromatic rings. The van der Waals surface area contributed by atoms with Gasteiger partial charge in [0.15, 0.2) is 0 Å². The van der Waals surface area contributed by atoms with Gasteiger partial charge in [-0.1, -0.05) is 0 Å². The van der Waals surface area contributed by atoms with Crippen molar-refractivity contribution in [3.8, 4) is 0 Å². The van der Waals surface area contributed by atoms with Gasteiger partial charge in [-0.15, -0.1) is 0 Å². The topological polar surface area (TPSA) is 9.23 Å². The Labute approximate surface area is 70.7 Å². The summed E-state index contributed by atoms with van der Waals surface area (Å²) >= 11 is 21.0. The van der Waals surface area contributed by atoms with Gasteiger partial charge in [0.1, 0.15) is 0 Å². The molecule has 0 aromatic heterocycles. The van der Waals surface area contributed by atoms with Crippen LogP contribution in [0.15, 0.2) is 0 Å². The van der Waals surface area contributed by atoms with Crippen LogP contribution in [0.25, 0.3) is 0 Å². The van der Waals surface area contributed by atoms with Crippen LogP contribution >= 0.6 is 46.4 Å².